The normalized spacial score (nSPS) is 10.6. The van der Waals surface area contributed by atoms with Gasteiger partial charge in [-0.2, -0.15) is 0 Å². The maximum absolute atomic E-state index is 10.7. The second-order valence-corrected chi connectivity index (χ2v) is 3.69. The molecule has 82 valence electrons. The molecule has 0 atom stereocenters. The van der Waals surface area contributed by atoms with Crippen LogP contribution in [-0.2, 0) is 0 Å². The molecule has 0 saturated carbocycles. The van der Waals surface area contributed by atoms with Gasteiger partial charge in [0, 0.05) is 29.7 Å². The van der Waals surface area contributed by atoms with Crippen molar-refractivity contribution in [1.29, 1.82) is 0 Å². The predicted molar refractivity (Wildman–Crippen MR) is 63.8 cm³/mol. The molecule has 3 aromatic rings. The van der Waals surface area contributed by atoms with Gasteiger partial charge in [0.2, 0.25) is 0 Å². The lowest BCUT2D eigenvalue weighted by molar-refractivity contribution is 0.112. The van der Waals surface area contributed by atoms with Crippen LogP contribution in [-0.4, -0.2) is 20.7 Å². The summed E-state index contributed by atoms with van der Waals surface area (Å²) in [5, 5.41) is 0. The Labute approximate surface area is 97.6 Å². The van der Waals surface area contributed by atoms with Gasteiger partial charge in [-0.25, -0.2) is 4.98 Å². The third-order valence-electron chi connectivity index (χ3n) is 2.63. The van der Waals surface area contributed by atoms with Crippen LogP contribution in [0.5, 0.6) is 0 Å². The Balaban J connectivity index is 2.22. The van der Waals surface area contributed by atoms with Crippen LogP contribution in [0.4, 0.5) is 0 Å². The lowest BCUT2D eigenvalue weighted by Crippen LogP contribution is -1.90. The summed E-state index contributed by atoms with van der Waals surface area (Å²) in [5.41, 5.74) is 2.55. The van der Waals surface area contributed by atoms with Gasteiger partial charge in [0.25, 0.3) is 0 Å². The Morgan fingerprint density at radius 3 is 2.76 bits per heavy atom. The highest BCUT2D eigenvalue weighted by Gasteiger charge is 2.05. The van der Waals surface area contributed by atoms with Crippen molar-refractivity contribution in [2.75, 3.05) is 0 Å². The average molecular weight is 223 g/mol. The predicted octanol–water partition coefficient (Wildman–Crippen LogP) is 2.21. The van der Waals surface area contributed by atoms with Gasteiger partial charge in [-0.1, -0.05) is 0 Å². The average Bonchev–Trinajstić information content (AvgIpc) is 2.82. The Morgan fingerprint density at radius 2 is 2.00 bits per heavy atom. The van der Waals surface area contributed by atoms with Gasteiger partial charge in [-0.15, -0.1) is 0 Å². The van der Waals surface area contributed by atoms with Crippen LogP contribution in [0.1, 0.15) is 10.4 Å². The summed E-state index contributed by atoms with van der Waals surface area (Å²) in [6.45, 7) is 0. The van der Waals surface area contributed by atoms with Gasteiger partial charge < -0.3 is 0 Å². The Kier molecular flexibility index (Phi) is 2.19. The summed E-state index contributed by atoms with van der Waals surface area (Å²) in [4.78, 5) is 19.0. The van der Waals surface area contributed by atoms with Gasteiger partial charge in [0.15, 0.2) is 0 Å². The van der Waals surface area contributed by atoms with Gasteiger partial charge in [0.1, 0.15) is 12.1 Å². The number of imidazole rings is 1. The first-order valence-electron chi connectivity index (χ1n) is 5.21. The first kappa shape index (κ1) is 9.72. The molecule has 3 rings (SSSR count). The molecule has 0 saturated heterocycles. The second kappa shape index (κ2) is 3.83. The van der Waals surface area contributed by atoms with Crippen molar-refractivity contribution < 1.29 is 4.79 Å². The van der Waals surface area contributed by atoms with E-state index in [1.54, 1.807) is 24.7 Å². The van der Waals surface area contributed by atoms with Gasteiger partial charge in [0.05, 0.1) is 11.7 Å². The van der Waals surface area contributed by atoms with Crippen LogP contribution in [0.3, 0.4) is 0 Å². The lowest BCUT2D eigenvalue weighted by Gasteiger charge is -2.01. The van der Waals surface area contributed by atoms with Crippen molar-refractivity contribution in [3.8, 4) is 11.4 Å². The van der Waals surface area contributed by atoms with E-state index in [1.807, 2.05) is 28.8 Å². The molecule has 0 amide bonds. The highest BCUT2D eigenvalue weighted by molar-refractivity contribution is 5.78. The summed E-state index contributed by atoms with van der Waals surface area (Å²) >= 11 is 0. The van der Waals surface area contributed by atoms with Crippen LogP contribution in [0, 0.1) is 0 Å². The quantitative estimate of drug-likeness (QED) is 0.626. The highest BCUT2D eigenvalue weighted by atomic mass is 16.1. The number of fused-ring (bicyclic) bond motifs is 1. The van der Waals surface area contributed by atoms with Crippen molar-refractivity contribution in [2.24, 2.45) is 0 Å². The molecule has 0 spiro atoms. The molecule has 0 aliphatic rings. The molecular formula is C13H9N3O. The zero-order chi connectivity index (χ0) is 11.7. The first-order chi connectivity index (χ1) is 8.38. The number of aldehydes is 1. The first-order valence-corrected chi connectivity index (χ1v) is 5.21. The molecule has 17 heavy (non-hydrogen) atoms. The Hall–Kier alpha value is -2.49. The number of hydrogen-bond donors (Lipinski definition) is 0. The van der Waals surface area contributed by atoms with E-state index in [9.17, 15) is 4.79 Å². The van der Waals surface area contributed by atoms with Gasteiger partial charge in [-0.3, -0.25) is 14.2 Å². The number of hydrogen-bond acceptors (Lipinski definition) is 3. The summed E-state index contributed by atoms with van der Waals surface area (Å²) in [6, 6.07) is 7.39. The molecule has 0 aliphatic heterocycles. The molecule has 0 bridgehead atoms. The third kappa shape index (κ3) is 1.59. The summed E-state index contributed by atoms with van der Waals surface area (Å²) < 4.78 is 1.95. The number of carbonyl (C=O) groups excluding carboxylic acids is 1. The number of pyridine rings is 2. The minimum Gasteiger partial charge on any atom is -0.300 e. The molecule has 3 aromatic heterocycles. The van der Waals surface area contributed by atoms with Crippen LogP contribution in [0.25, 0.3) is 16.9 Å². The van der Waals surface area contributed by atoms with E-state index >= 15 is 0 Å². The summed E-state index contributed by atoms with van der Waals surface area (Å²) in [6.07, 6.45) is 7.90. The maximum atomic E-state index is 10.7. The zero-order valence-corrected chi connectivity index (χ0v) is 8.95. The highest BCUT2D eigenvalue weighted by Crippen LogP contribution is 2.19. The molecule has 3 heterocycles. The fraction of sp³-hybridized carbons (Fsp3) is 0. The molecule has 0 aromatic carbocycles. The van der Waals surface area contributed by atoms with Crippen molar-refractivity contribution in [3.63, 3.8) is 0 Å². The molecule has 4 nitrogen and oxygen atoms in total. The van der Waals surface area contributed by atoms with E-state index in [2.05, 4.69) is 9.97 Å². The molecule has 0 N–H and O–H groups in total. The standard InChI is InChI=1S/C13H9N3O/c17-9-10-3-6-16-12(7-10)8-15-13(16)11-1-4-14-5-2-11/h1-9H. The molecule has 0 radical (unpaired) electrons. The minimum absolute atomic E-state index is 0.652. The largest absolute Gasteiger partial charge is 0.300 e. The maximum Gasteiger partial charge on any atom is 0.150 e. The second-order valence-electron chi connectivity index (χ2n) is 3.69. The summed E-state index contributed by atoms with van der Waals surface area (Å²) in [5.74, 6) is 0.847. The van der Waals surface area contributed by atoms with Crippen molar-refractivity contribution >= 4 is 11.8 Å². The third-order valence-corrected chi connectivity index (χ3v) is 2.63. The molecule has 0 aliphatic carbocycles. The monoisotopic (exact) mass is 223 g/mol. The van der Waals surface area contributed by atoms with Gasteiger partial charge in [-0.05, 0) is 24.3 Å². The van der Waals surface area contributed by atoms with Crippen molar-refractivity contribution in [2.45, 2.75) is 0 Å². The van der Waals surface area contributed by atoms with Crippen LogP contribution in [0.2, 0.25) is 0 Å². The number of rotatable bonds is 2. The number of aromatic nitrogens is 3. The molecule has 4 heteroatoms. The van der Waals surface area contributed by atoms with E-state index in [1.165, 1.54) is 0 Å². The Morgan fingerprint density at radius 1 is 1.18 bits per heavy atom. The topological polar surface area (TPSA) is 47.3 Å². The lowest BCUT2D eigenvalue weighted by atomic mass is 10.2. The fourth-order valence-electron chi connectivity index (χ4n) is 1.80. The van der Waals surface area contributed by atoms with E-state index in [-0.39, 0.29) is 0 Å². The smallest absolute Gasteiger partial charge is 0.150 e. The van der Waals surface area contributed by atoms with E-state index < -0.39 is 0 Å². The van der Waals surface area contributed by atoms with Crippen LogP contribution < -0.4 is 0 Å². The van der Waals surface area contributed by atoms with Gasteiger partial charge >= 0.3 is 0 Å². The molecule has 0 unspecified atom stereocenters. The Bertz CT molecular complexity index is 673. The van der Waals surface area contributed by atoms with E-state index in [0.29, 0.717) is 5.56 Å². The van der Waals surface area contributed by atoms with E-state index in [0.717, 1.165) is 23.2 Å². The fourth-order valence-corrected chi connectivity index (χ4v) is 1.80. The van der Waals surface area contributed by atoms with Crippen molar-refractivity contribution in [1.82, 2.24) is 14.4 Å². The van der Waals surface area contributed by atoms with E-state index in [4.69, 9.17) is 0 Å². The molecular weight excluding hydrogens is 214 g/mol. The van der Waals surface area contributed by atoms with Crippen LogP contribution >= 0.6 is 0 Å². The SMILES string of the molecule is O=Cc1ccn2c(-c3ccncc3)ncc2c1. The van der Waals surface area contributed by atoms with Crippen LogP contribution in [0.15, 0.2) is 49.1 Å². The number of carbonyl (C=O) groups is 1. The zero-order valence-electron chi connectivity index (χ0n) is 8.95. The van der Waals surface area contributed by atoms with Crippen molar-refractivity contribution in [3.05, 3.63) is 54.6 Å². The minimum atomic E-state index is 0.652. The molecule has 0 fully saturated rings. The number of nitrogens with zero attached hydrogens (tertiary/aromatic N) is 3. The summed E-state index contributed by atoms with van der Waals surface area (Å²) in [7, 11) is 0.